The molecule has 7 nitrogen and oxygen atoms in total. The zero-order valence-corrected chi connectivity index (χ0v) is 31.0. The third kappa shape index (κ3) is 11.5. The molecule has 44 heavy (non-hydrogen) atoms. The number of hydrogen-bond acceptors (Lipinski definition) is 6. The molecular formula is C36H56N2O5Sn. The van der Waals surface area contributed by atoms with E-state index in [1.54, 1.807) is 24.4 Å². The molecule has 2 N–H and O–H groups in total. The average Bonchev–Trinajstić information content (AvgIpc) is 3.00. The second kappa shape index (κ2) is 18.5. The van der Waals surface area contributed by atoms with Gasteiger partial charge in [0.25, 0.3) is 0 Å². The molecule has 2 aromatic rings. The molecule has 0 fully saturated rings. The molecule has 0 saturated heterocycles. The van der Waals surface area contributed by atoms with Crippen molar-refractivity contribution in [1.29, 1.82) is 0 Å². The number of unbranched alkanes of at least 4 members (excludes halogenated alkanes) is 3. The Hall–Kier alpha value is -2.39. The Morgan fingerprint density at radius 3 is 1.75 bits per heavy atom. The van der Waals surface area contributed by atoms with Crippen LogP contribution in [0.4, 0.5) is 4.79 Å². The van der Waals surface area contributed by atoms with Gasteiger partial charge in [-0.05, 0) is 0 Å². The summed E-state index contributed by atoms with van der Waals surface area (Å²) in [5, 5.41) is 0. The van der Waals surface area contributed by atoms with E-state index >= 15 is 0 Å². The van der Waals surface area contributed by atoms with Crippen molar-refractivity contribution >= 4 is 39.9 Å². The third-order valence-corrected chi connectivity index (χ3v) is 23.9. The molecule has 2 amide bonds. The van der Waals surface area contributed by atoms with Crippen molar-refractivity contribution in [3.05, 3.63) is 65.7 Å². The van der Waals surface area contributed by atoms with Gasteiger partial charge in [0.2, 0.25) is 0 Å². The molecule has 0 aromatic heterocycles. The number of nitrogens with zero attached hydrogens (tertiary/aromatic N) is 1. The Morgan fingerprint density at radius 1 is 0.795 bits per heavy atom. The van der Waals surface area contributed by atoms with E-state index in [2.05, 4.69) is 45.0 Å². The second-order valence-electron chi connectivity index (χ2n) is 13.0. The van der Waals surface area contributed by atoms with Gasteiger partial charge in [-0.25, -0.2) is 0 Å². The van der Waals surface area contributed by atoms with Crippen LogP contribution in [0.1, 0.15) is 91.2 Å². The van der Waals surface area contributed by atoms with Crippen molar-refractivity contribution in [3.8, 4) is 0 Å². The first-order valence-electron chi connectivity index (χ1n) is 16.4. The number of amides is 2. The number of carbonyl (C=O) groups is 3. The first-order valence-corrected chi connectivity index (χ1v) is 23.9. The molecule has 8 heteroatoms. The van der Waals surface area contributed by atoms with Gasteiger partial charge in [0.1, 0.15) is 0 Å². The van der Waals surface area contributed by atoms with Gasteiger partial charge in [-0.3, -0.25) is 0 Å². The van der Waals surface area contributed by atoms with E-state index in [0.717, 1.165) is 16.0 Å². The fourth-order valence-electron chi connectivity index (χ4n) is 5.80. The van der Waals surface area contributed by atoms with Gasteiger partial charge in [-0.1, -0.05) is 18.2 Å². The van der Waals surface area contributed by atoms with Crippen molar-refractivity contribution in [1.82, 2.24) is 4.90 Å². The predicted octanol–water partition coefficient (Wildman–Crippen LogP) is 7.16. The van der Waals surface area contributed by atoms with Crippen LogP contribution in [0, 0.1) is 0 Å². The fraction of sp³-hybridized carbons (Fsp3) is 0.583. The molecule has 0 aliphatic carbocycles. The molecule has 0 aliphatic rings. The molecule has 2 rings (SSSR count). The van der Waals surface area contributed by atoms with E-state index in [1.807, 2.05) is 30.3 Å². The van der Waals surface area contributed by atoms with Gasteiger partial charge >= 0.3 is 253 Å². The van der Waals surface area contributed by atoms with Crippen LogP contribution >= 0.6 is 0 Å². The summed E-state index contributed by atoms with van der Waals surface area (Å²) in [6.45, 7) is 12.0. The standard InChI is InChI=1S/C24H29N2O5.3C4H9.Sn/c1-24(2,3)31-23(29)26(21(27)19(25)15-17-11-7-5-8-12-17)20(22(28)30-4)16-18-13-9-6-10-14-18;3*1-3-4-2;/h6-14,19-20H,15-16,25H2,1-4H3;3*1,3-4H2,2H3;/t19-,20-;;;;/m0..../s1. The third-order valence-electron chi connectivity index (χ3n) is 8.25. The average molecular weight is 716 g/mol. The van der Waals surface area contributed by atoms with Gasteiger partial charge in [0.05, 0.1) is 0 Å². The van der Waals surface area contributed by atoms with Crippen LogP contribution in [0.25, 0.3) is 0 Å². The Balaban J connectivity index is 2.39. The Bertz CT molecular complexity index is 1140. The molecule has 244 valence electrons. The number of benzene rings is 2. The number of hydrogen-bond donors (Lipinski definition) is 1. The van der Waals surface area contributed by atoms with Crippen molar-refractivity contribution in [2.45, 2.75) is 124 Å². The summed E-state index contributed by atoms with van der Waals surface area (Å²) in [5.41, 5.74) is 7.33. The first-order chi connectivity index (χ1) is 20.9. The van der Waals surface area contributed by atoms with Gasteiger partial charge in [0.15, 0.2) is 0 Å². The molecule has 0 spiro atoms. The van der Waals surface area contributed by atoms with E-state index in [0.29, 0.717) is 0 Å². The number of ether oxygens (including phenoxy) is 2. The van der Waals surface area contributed by atoms with Gasteiger partial charge in [0, 0.05) is 0 Å². The summed E-state index contributed by atoms with van der Waals surface area (Å²) in [7, 11) is 1.24. The summed E-state index contributed by atoms with van der Waals surface area (Å²) in [4.78, 5) is 41.2. The van der Waals surface area contributed by atoms with Crippen LogP contribution < -0.4 is 9.31 Å². The minimum atomic E-state index is -2.59. The summed E-state index contributed by atoms with van der Waals surface area (Å²) in [6, 6.07) is 15.7. The minimum absolute atomic E-state index is 0.0856. The normalized spacial score (nSPS) is 13.2. The monoisotopic (exact) mass is 716 g/mol. The molecule has 2 atom stereocenters. The van der Waals surface area contributed by atoms with Crippen LogP contribution in [0.2, 0.25) is 13.3 Å². The molecule has 0 heterocycles. The maximum atomic E-state index is 13.9. The first kappa shape index (κ1) is 37.8. The van der Waals surface area contributed by atoms with Gasteiger partial charge < -0.3 is 0 Å². The van der Waals surface area contributed by atoms with Crippen molar-refractivity contribution < 1.29 is 23.9 Å². The van der Waals surface area contributed by atoms with Crippen molar-refractivity contribution in [2.75, 3.05) is 7.11 Å². The van der Waals surface area contributed by atoms with E-state index in [9.17, 15) is 14.4 Å². The molecule has 0 radical (unpaired) electrons. The van der Waals surface area contributed by atoms with Crippen molar-refractivity contribution in [2.24, 2.45) is 5.73 Å². The Labute approximate surface area is 270 Å². The van der Waals surface area contributed by atoms with Crippen LogP contribution in [0.15, 0.2) is 54.6 Å². The predicted molar refractivity (Wildman–Crippen MR) is 182 cm³/mol. The molecular weight excluding hydrogens is 659 g/mol. The van der Waals surface area contributed by atoms with Crippen LogP contribution in [0.5, 0.6) is 0 Å². The van der Waals surface area contributed by atoms with Crippen LogP contribution in [-0.2, 0) is 31.9 Å². The topological polar surface area (TPSA) is 98.9 Å². The fourth-order valence-corrected chi connectivity index (χ4v) is 21.7. The molecule has 0 aliphatic heterocycles. The Kier molecular flexibility index (Phi) is 15.9. The summed E-state index contributed by atoms with van der Waals surface area (Å²) in [5.74, 6) is -1.38. The molecule has 2 aromatic carbocycles. The zero-order valence-electron chi connectivity index (χ0n) is 28.2. The number of imide groups is 1. The molecule has 0 bridgehead atoms. The van der Waals surface area contributed by atoms with E-state index in [1.165, 1.54) is 58.9 Å². The number of methoxy groups -OCH3 is 1. The van der Waals surface area contributed by atoms with E-state index in [4.69, 9.17) is 15.2 Å². The number of esters is 1. The second-order valence-corrected chi connectivity index (χ2v) is 26.3. The number of nitrogens with two attached hydrogens (primary N) is 1. The van der Waals surface area contributed by atoms with Crippen molar-refractivity contribution in [3.63, 3.8) is 0 Å². The van der Waals surface area contributed by atoms with E-state index < -0.39 is 54.0 Å². The molecule has 0 saturated carbocycles. The van der Waals surface area contributed by atoms with Gasteiger partial charge in [-0.2, -0.15) is 0 Å². The maximum absolute atomic E-state index is 13.9. The number of carbonyl (C=O) groups excluding carboxylic acids is 3. The van der Waals surface area contributed by atoms with Crippen LogP contribution in [-0.4, -0.2) is 66.0 Å². The summed E-state index contributed by atoms with van der Waals surface area (Å²) < 4.78 is 16.3. The SMILES string of the molecule is CCC[CH2][Sn]([CH2]CCC)([CH2]CCC)[c]1ccc(C[C@H](N)C(=O)N(C(=O)OC(C)(C)C)[C@@H](Cc2ccccc2)C(=O)OC)cc1. The quantitative estimate of drug-likeness (QED) is 0.138. The van der Waals surface area contributed by atoms with Gasteiger partial charge in [-0.15, -0.1) is 0 Å². The Morgan fingerprint density at radius 2 is 1.30 bits per heavy atom. The summed E-state index contributed by atoms with van der Waals surface area (Å²) >= 11 is -2.59. The molecule has 0 unspecified atom stereocenters. The number of rotatable bonds is 17. The zero-order chi connectivity index (χ0) is 32.8. The van der Waals surface area contributed by atoms with Crippen LogP contribution in [0.3, 0.4) is 0 Å². The summed E-state index contributed by atoms with van der Waals surface area (Å²) in [6.07, 6.45) is 6.92. The van der Waals surface area contributed by atoms with E-state index in [-0.39, 0.29) is 12.8 Å².